The second-order valence-corrected chi connectivity index (χ2v) is 5.67. The molecular formula is C17H23NOS. The highest BCUT2D eigenvalue weighted by Crippen LogP contribution is 2.37. The van der Waals surface area contributed by atoms with Crippen molar-refractivity contribution in [1.82, 2.24) is 0 Å². The lowest BCUT2D eigenvalue weighted by atomic mass is 9.81. The molecule has 0 saturated heterocycles. The van der Waals surface area contributed by atoms with Crippen molar-refractivity contribution < 1.29 is 4.74 Å². The molecule has 1 aromatic rings. The zero-order valence-corrected chi connectivity index (χ0v) is 13.0. The van der Waals surface area contributed by atoms with E-state index in [1.807, 2.05) is 6.07 Å². The molecule has 2 nitrogen and oxygen atoms in total. The van der Waals surface area contributed by atoms with Crippen LogP contribution in [0.15, 0.2) is 29.3 Å². The normalized spacial score (nSPS) is 17.2. The van der Waals surface area contributed by atoms with Gasteiger partial charge in [0.05, 0.1) is 17.8 Å². The lowest BCUT2D eigenvalue weighted by molar-refractivity contribution is 0.304. The minimum Gasteiger partial charge on any atom is -0.494 e. The van der Waals surface area contributed by atoms with E-state index in [0.717, 1.165) is 18.8 Å². The number of rotatable bonds is 6. The first-order chi connectivity index (χ1) is 9.85. The van der Waals surface area contributed by atoms with E-state index in [4.69, 9.17) is 17.0 Å². The molecule has 1 fully saturated rings. The SMILES string of the molecule is CCCOc1cccc(C(N=C=S)C2CCCCC2)c1. The monoisotopic (exact) mass is 289 g/mol. The van der Waals surface area contributed by atoms with E-state index in [9.17, 15) is 0 Å². The average molecular weight is 289 g/mol. The number of aliphatic imine (C=N–C) groups is 1. The summed E-state index contributed by atoms with van der Waals surface area (Å²) in [5.74, 6) is 1.53. The predicted molar refractivity (Wildman–Crippen MR) is 86.6 cm³/mol. The van der Waals surface area contributed by atoms with Crippen molar-refractivity contribution in [3.63, 3.8) is 0 Å². The number of hydrogen-bond donors (Lipinski definition) is 0. The van der Waals surface area contributed by atoms with Crippen LogP contribution in [0.5, 0.6) is 5.75 Å². The highest BCUT2D eigenvalue weighted by molar-refractivity contribution is 7.78. The standard InChI is InChI=1S/C17H23NOS/c1-2-11-19-16-10-6-9-15(12-16)17(18-13-20)14-7-4-3-5-8-14/h6,9-10,12,14,17H,2-5,7-8,11H2,1H3. The van der Waals surface area contributed by atoms with Gasteiger partial charge in [0.25, 0.3) is 0 Å². The van der Waals surface area contributed by atoms with Crippen LogP contribution in [0, 0.1) is 5.92 Å². The molecule has 1 saturated carbocycles. The zero-order valence-electron chi connectivity index (χ0n) is 12.2. The fraction of sp³-hybridized carbons (Fsp3) is 0.588. The van der Waals surface area contributed by atoms with E-state index in [-0.39, 0.29) is 6.04 Å². The van der Waals surface area contributed by atoms with Gasteiger partial charge in [0, 0.05) is 0 Å². The largest absolute Gasteiger partial charge is 0.494 e. The summed E-state index contributed by atoms with van der Waals surface area (Å²) < 4.78 is 5.72. The Labute approximate surface area is 127 Å². The lowest BCUT2D eigenvalue weighted by Crippen LogP contribution is -2.15. The van der Waals surface area contributed by atoms with Crippen LogP contribution in [-0.2, 0) is 0 Å². The maximum atomic E-state index is 5.72. The van der Waals surface area contributed by atoms with Crippen LogP contribution in [0.2, 0.25) is 0 Å². The Morgan fingerprint density at radius 2 is 2.15 bits per heavy atom. The summed E-state index contributed by atoms with van der Waals surface area (Å²) in [5.41, 5.74) is 1.21. The smallest absolute Gasteiger partial charge is 0.119 e. The van der Waals surface area contributed by atoms with Crippen LogP contribution < -0.4 is 4.74 Å². The maximum Gasteiger partial charge on any atom is 0.119 e. The van der Waals surface area contributed by atoms with Gasteiger partial charge in [0.15, 0.2) is 0 Å². The number of thiocarbonyl (C=S) groups is 1. The van der Waals surface area contributed by atoms with Gasteiger partial charge in [-0.25, -0.2) is 4.99 Å². The van der Waals surface area contributed by atoms with Gasteiger partial charge in [-0.3, -0.25) is 0 Å². The molecule has 0 aromatic heterocycles. The minimum absolute atomic E-state index is 0.151. The van der Waals surface area contributed by atoms with Gasteiger partial charge in [-0.1, -0.05) is 38.3 Å². The highest BCUT2D eigenvalue weighted by Gasteiger charge is 2.24. The molecule has 0 amide bonds. The topological polar surface area (TPSA) is 21.6 Å². The Balaban J connectivity index is 2.17. The number of ether oxygens (including phenoxy) is 1. The van der Waals surface area contributed by atoms with Crippen LogP contribution in [-0.4, -0.2) is 11.8 Å². The molecule has 1 aliphatic rings. The summed E-state index contributed by atoms with van der Waals surface area (Å²) in [5, 5.41) is 2.59. The first-order valence-electron chi connectivity index (χ1n) is 7.65. The first kappa shape index (κ1) is 15.2. The first-order valence-corrected chi connectivity index (χ1v) is 8.05. The number of benzene rings is 1. The third kappa shape index (κ3) is 4.16. The molecule has 0 spiro atoms. The van der Waals surface area contributed by atoms with Gasteiger partial charge < -0.3 is 4.74 Å². The molecule has 20 heavy (non-hydrogen) atoms. The fourth-order valence-corrected chi connectivity index (χ4v) is 3.08. The van der Waals surface area contributed by atoms with Crippen molar-refractivity contribution in [2.24, 2.45) is 10.9 Å². The minimum atomic E-state index is 0.151. The summed E-state index contributed by atoms with van der Waals surface area (Å²) in [6.07, 6.45) is 7.47. The van der Waals surface area contributed by atoms with Crippen molar-refractivity contribution in [2.75, 3.05) is 6.61 Å². The molecule has 3 heteroatoms. The van der Waals surface area contributed by atoms with E-state index in [2.05, 4.69) is 35.3 Å². The second kappa shape index (κ2) is 8.18. The van der Waals surface area contributed by atoms with Crippen LogP contribution >= 0.6 is 12.2 Å². The Morgan fingerprint density at radius 1 is 1.35 bits per heavy atom. The Bertz CT molecular complexity index is 462. The fourth-order valence-electron chi connectivity index (χ4n) is 2.97. The summed E-state index contributed by atoms with van der Waals surface area (Å²) in [6, 6.07) is 8.46. The van der Waals surface area contributed by atoms with Gasteiger partial charge in [-0.05, 0) is 55.1 Å². The lowest BCUT2D eigenvalue weighted by Gasteiger charge is -2.27. The number of hydrogen-bond acceptors (Lipinski definition) is 3. The van der Waals surface area contributed by atoms with Gasteiger partial charge in [0.1, 0.15) is 5.75 Å². The predicted octanol–water partition coefficient (Wildman–Crippen LogP) is 5.20. The summed E-state index contributed by atoms with van der Waals surface area (Å²) in [6.45, 7) is 2.87. The third-order valence-corrected chi connectivity index (χ3v) is 4.07. The van der Waals surface area contributed by atoms with E-state index >= 15 is 0 Å². The van der Waals surface area contributed by atoms with Crippen LogP contribution in [0.3, 0.4) is 0 Å². The van der Waals surface area contributed by atoms with Crippen molar-refractivity contribution in [3.05, 3.63) is 29.8 Å². The third-order valence-electron chi connectivity index (χ3n) is 3.96. The van der Waals surface area contributed by atoms with Crippen LogP contribution in [0.4, 0.5) is 0 Å². The summed E-state index contributed by atoms with van der Waals surface area (Å²) in [7, 11) is 0. The van der Waals surface area contributed by atoms with Gasteiger partial charge in [-0.2, -0.15) is 0 Å². The van der Waals surface area contributed by atoms with E-state index < -0.39 is 0 Å². The zero-order chi connectivity index (χ0) is 14.2. The van der Waals surface area contributed by atoms with Gasteiger partial charge in [-0.15, -0.1) is 0 Å². The Kier molecular flexibility index (Phi) is 6.23. The molecule has 0 N–H and O–H groups in total. The molecule has 1 atom stereocenters. The van der Waals surface area contributed by atoms with Gasteiger partial charge >= 0.3 is 0 Å². The van der Waals surface area contributed by atoms with Crippen molar-refractivity contribution >= 4 is 17.4 Å². The molecule has 2 rings (SSSR count). The van der Waals surface area contributed by atoms with E-state index in [1.165, 1.54) is 37.7 Å². The molecule has 1 aromatic carbocycles. The second-order valence-electron chi connectivity index (χ2n) is 5.48. The van der Waals surface area contributed by atoms with Crippen LogP contribution in [0.25, 0.3) is 0 Å². The van der Waals surface area contributed by atoms with Crippen molar-refractivity contribution in [1.29, 1.82) is 0 Å². The average Bonchev–Trinajstić information content (AvgIpc) is 2.52. The van der Waals surface area contributed by atoms with Crippen molar-refractivity contribution in [3.8, 4) is 5.75 Å². The van der Waals surface area contributed by atoms with Gasteiger partial charge in [0.2, 0.25) is 0 Å². The van der Waals surface area contributed by atoms with E-state index in [0.29, 0.717) is 5.92 Å². The molecule has 0 aliphatic heterocycles. The molecule has 0 bridgehead atoms. The Morgan fingerprint density at radius 3 is 2.85 bits per heavy atom. The Hall–Kier alpha value is -1.18. The maximum absolute atomic E-state index is 5.72. The summed E-state index contributed by atoms with van der Waals surface area (Å²) >= 11 is 4.85. The molecule has 0 radical (unpaired) electrons. The molecule has 108 valence electrons. The number of nitrogens with zero attached hydrogens (tertiary/aromatic N) is 1. The van der Waals surface area contributed by atoms with Crippen LogP contribution in [0.1, 0.15) is 57.1 Å². The molecule has 1 unspecified atom stereocenters. The molecular weight excluding hydrogens is 266 g/mol. The quantitative estimate of drug-likeness (QED) is 0.530. The highest BCUT2D eigenvalue weighted by atomic mass is 32.1. The number of isothiocyanates is 1. The van der Waals surface area contributed by atoms with E-state index in [1.54, 1.807) is 0 Å². The molecule has 0 heterocycles. The summed E-state index contributed by atoms with van der Waals surface area (Å²) in [4.78, 5) is 4.45. The molecule has 1 aliphatic carbocycles. The van der Waals surface area contributed by atoms with Crippen molar-refractivity contribution in [2.45, 2.75) is 51.5 Å².